The molecule has 0 aromatic carbocycles. The number of carbonyl (C=O) groups is 2. The third kappa shape index (κ3) is 48.9. The molecular formula is C54H97NO8P+. The van der Waals surface area contributed by atoms with Crippen LogP contribution in [0, 0.1) is 0 Å². The molecule has 0 rings (SSSR count). The van der Waals surface area contributed by atoms with E-state index in [-0.39, 0.29) is 32.0 Å². The van der Waals surface area contributed by atoms with Crippen LogP contribution in [0.1, 0.15) is 206 Å². The van der Waals surface area contributed by atoms with Gasteiger partial charge in [-0.15, -0.1) is 0 Å². The number of hydrogen-bond acceptors (Lipinski definition) is 7. The van der Waals surface area contributed by atoms with Gasteiger partial charge in [-0.3, -0.25) is 18.6 Å². The standard InChI is InChI=1S/C54H96NO8P/c1-6-8-10-12-14-16-18-20-22-24-26-27-29-31-33-35-37-39-41-43-45-47-54(57)63-52(51-62-64(58,59)61-49-48-55(3,4)5)50-60-53(56)46-44-42-40-38-36-34-32-30-28-25-23-21-19-17-15-13-11-9-7-2/h8,10,14,16,20-23,26-27,31,33,52H,6-7,9,11-13,15,17-19,24-25,28-30,32,34-51H2,1-5H3/p+1/b10-8-,16-14-,22-20-,23-21-,27-26-,33-31-. The van der Waals surface area contributed by atoms with Crippen molar-refractivity contribution in [2.24, 2.45) is 0 Å². The summed E-state index contributed by atoms with van der Waals surface area (Å²) >= 11 is 0. The summed E-state index contributed by atoms with van der Waals surface area (Å²) in [5.74, 6) is -0.823. The number of carbonyl (C=O) groups excluding carboxylic acids is 2. The first-order valence-electron chi connectivity index (χ1n) is 25.7. The zero-order chi connectivity index (χ0) is 47.1. The predicted molar refractivity (Wildman–Crippen MR) is 270 cm³/mol. The maximum Gasteiger partial charge on any atom is 0.472 e. The van der Waals surface area contributed by atoms with Gasteiger partial charge in [-0.1, -0.05) is 183 Å². The maximum absolute atomic E-state index is 12.8. The summed E-state index contributed by atoms with van der Waals surface area (Å²) in [6.07, 6.45) is 58.1. The van der Waals surface area contributed by atoms with Gasteiger partial charge in [0.25, 0.3) is 0 Å². The Labute approximate surface area is 393 Å². The summed E-state index contributed by atoms with van der Waals surface area (Å²) in [5.41, 5.74) is 0. The normalized spacial score (nSPS) is 14.0. The van der Waals surface area contributed by atoms with Gasteiger partial charge in [0.1, 0.15) is 19.8 Å². The van der Waals surface area contributed by atoms with Crippen LogP contribution in [-0.2, 0) is 32.7 Å². The summed E-state index contributed by atoms with van der Waals surface area (Å²) in [7, 11) is 1.45. The van der Waals surface area contributed by atoms with E-state index in [0.29, 0.717) is 17.4 Å². The fraction of sp³-hybridized carbons (Fsp3) is 0.741. The lowest BCUT2D eigenvalue weighted by Crippen LogP contribution is -2.37. The van der Waals surface area contributed by atoms with Crippen LogP contribution in [-0.4, -0.2) is 74.9 Å². The third-order valence-electron chi connectivity index (χ3n) is 10.7. The highest BCUT2D eigenvalue weighted by atomic mass is 31.2. The molecule has 0 amide bonds. The number of unbranched alkanes of at least 4 members (excludes halogenated alkanes) is 20. The molecule has 0 aliphatic rings. The Hall–Kier alpha value is -2.55. The van der Waals surface area contributed by atoms with E-state index in [0.717, 1.165) is 83.5 Å². The fourth-order valence-corrected chi connectivity index (χ4v) is 7.48. The van der Waals surface area contributed by atoms with Crippen LogP contribution >= 0.6 is 7.82 Å². The molecule has 0 aliphatic carbocycles. The highest BCUT2D eigenvalue weighted by molar-refractivity contribution is 7.47. The summed E-state index contributed by atoms with van der Waals surface area (Å²) in [5, 5.41) is 0. The minimum Gasteiger partial charge on any atom is -0.462 e. The minimum absolute atomic E-state index is 0.0241. The Morgan fingerprint density at radius 2 is 0.891 bits per heavy atom. The molecular weight excluding hydrogens is 822 g/mol. The fourth-order valence-electron chi connectivity index (χ4n) is 6.74. The molecule has 2 atom stereocenters. The smallest absolute Gasteiger partial charge is 0.462 e. The Balaban J connectivity index is 4.31. The van der Waals surface area contributed by atoms with Crippen molar-refractivity contribution in [2.45, 2.75) is 213 Å². The quantitative estimate of drug-likeness (QED) is 0.0211. The first-order chi connectivity index (χ1) is 31.0. The van der Waals surface area contributed by atoms with Crippen molar-refractivity contribution >= 4 is 19.8 Å². The Kier molecular flexibility index (Phi) is 43.8. The van der Waals surface area contributed by atoms with Crippen LogP contribution in [0.4, 0.5) is 0 Å². The van der Waals surface area contributed by atoms with Crippen molar-refractivity contribution in [1.29, 1.82) is 0 Å². The van der Waals surface area contributed by atoms with Gasteiger partial charge in [-0.05, 0) is 83.5 Å². The average molecular weight is 919 g/mol. The molecule has 1 N–H and O–H groups in total. The van der Waals surface area contributed by atoms with E-state index in [1.807, 2.05) is 21.1 Å². The largest absolute Gasteiger partial charge is 0.472 e. The number of ether oxygens (including phenoxy) is 2. The van der Waals surface area contributed by atoms with Crippen molar-refractivity contribution in [2.75, 3.05) is 47.5 Å². The summed E-state index contributed by atoms with van der Waals surface area (Å²) < 4.78 is 34.4. The molecule has 2 unspecified atom stereocenters. The molecule has 9 nitrogen and oxygen atoms in total. The number of phosphoric ester groups is 1. The lowest BCUT2D eigenvalue weighted by molar-refractivity contribution is -0.870. The second-order valence-electron chi connectivity index (χ2n) is 18.2. The summed E-state index contributed by atoms with van der Waals surface area (Å²) in [4.78, 5) is 35.6. The maximum atomic E-state index is 12.8. The lowest BCUT2D eigenvalue weighted by Gasteiger charge is -2.24. The molecule has 0 fully saturated rings. The van der Waals surface area contributed by atoms with E-state index in [4.69, 9.17) is 18.5 Å². The van der Waals surface area contributed by atoms with E-state index in [2.05, 4.69) is 86.8 Å². The van der Waals surface area contributed by atoms with Gasteiger partial charge in [0.15, 0.2) is 6.10 Å². The van der Waals surface area contributed by atoms with Crippen LogP contribution in [0.5, 0.6) is 0 Å². The number of allylic oxidation sites excluding steroid dienone is 12. The molecule has 64 heavy (non-hydrogen) atoms. The van der Waals surface area contributed by atoms with Crippen LogP contribution in [0.2, 0.25) is 0 Å². The van der Waals surface area contributed by atoms with E-state index >= 15 is 0 Å². The van der Waals surface area contributed by atoms with Crippen LogP contribution < -0.4 is 0 Å². The highest BCUT2D eigenvalue weighted by Gasteiger charge is 2.27. The van der Waals surface area contributed by atoms with Crippen LogP contribution in [0.25, 0.3) is 0 Å². The minimum atomic E-state index is -4.39. The second kappa shape index (κ2) is 45.6. The van der Waals surface area contributed by atoms with E-state index in [1.165, 1.54) is 89.9 Å². The molecule has 0 aromatic heterocycles. The molecule has 0 saturated heterocycles. The third-order valence-corrected chi connectivity index (χ3v) is 11.7. The molecule has 370 valence electrons. The molecule has 0 aromatic rings. The Bertz CT molecular complexity index is 1310. The number of likely N-dealkylation sites (N-methyl/N-ethyl adjacent to an activating group) is 1. The van der Waals surface area contributed by atoms with Gasteiger partial charge in [-0.25, -0.2) is 4.57 Å². The highest BCUT2D eigenvalue weighted by Crippen LogP contribution is 2.43. The zero-order valence-corrected chi connectivity index (χ0v) is 42.6. The van der Waals surface area contributed by atoms with Gasteiger partial charge in [0, 0.05) is 12.8 Å². The number of hydrogen-bond donors (Lipinski definition) is 1. The van der Waals surface area contributed by atoms with Gasteiger partial charge < -0.3 is 18.9 Å². The number of rotatable bonds is 46. The molecule has 0 aliphatic heterocycles. The lowest BCUT2D eigenvalue weighted by atomic mass is 10.1. The van der Waals surface area contributed by atoms with Crippen molar-refractivity contribution in [3.05, 3.63) is 72.9 Å². The van der Waals surface area contributed by atoms with Gasteiger partial charge >= 0.3 is 19.8 Å². The van der Waals surface area contributed by atoms with Gasteiger partial charge in [0.05, 0.1) is 27.7 Å². The molecule has 10 heteroatoms. The molecule has 0 spiro atoms. The van der Waals surface area contributed by atoms with Crippen molar-refractivity contribution < 1.29 is 42.1 Å². The molecule has 0 bridgehead atoms. The number of quaternary nitrogens is 1. The number of phosphoric acid groups is 1. The monoisotopic (exact) mass is 919 g/mol. The topological polar surface area (TPSA) is 108 Å². The summed E-state index contributed by atoms with van der Waals surface area (Å²) in [6.45, 7) is 4.29. The molecule has 0 saturated carbocycles. The SMILES string of the molecule is CC/C=C\C/C=C\C/C=C\C/C=C\C/C=C\CCCCCCCC(=O)OC(COC(=O)CCCCCCCCCCC/C=C\CCCCCCCC)COP(=O)(O)OCC[N+](C)(C)C. The summed E-state index contributed by atoms with van der Waals surface area (Å²) in [6, 6.07) is 0. The van der Waals surface area contributed by atoms with Gasteiger partial charge in [-0.2, -0.15) is 0 Å². The van der Waals surface area contributed by atoms with Gasteiger partial charge in [0.2, 0.25) is 0 Å². The van der Waals surface area contributed by atoms with Crippen molar-refractivity contribution in [3.63, 3.8) is 0 Å². The van der Waals surface area contributed by atoms with E-state index in [9.17, 15) is 19.0 Å². The molecule has 0 heterocycles. The van der Waals surface area contributed by atoms with Crippen LogP contribution in [0.15, 0.2) is 72.9 Å². The Morgan fingerprint density at radius 3 is 1.34 bits per heavy atom. The average Bonchev–Trinajstić information content (AvgIpc) is 3.25. The van der Waals surface area contributed by atoms with E-state index in [1.54, 1.807) is 0 Å². The molecule has 0 radical (unpaired) electrons. The zero-order valence-electron chi connectivity index (χ0n) is 41.7. The van der Waals surface area contributed by atoms with E-state index < -0.39 is 26.5 Å². The number of esters is 2. The predicted octanol–water partition coefficient (Wildman–Crippen LogP) is 15.4. The first-order valence-corrected chi connectivity index (χ1v) is 27.2. The first kappa shape index (κ1) is 61.5. The van der Waals surface area contributed by atoms with Crippen molar-refractivity contribution in [1.82, 2.24) is 0 Å². The number of nitrogens with zero attached hydrogens (tertiary/aromatic N) is 1. The Morgan fingerprint density at radius 1 is 0.500 bits per heavy atom. The van der Waals surface area contributed by atoms with Crippen LogP contribution in [0.3, 0.4) is 0 Å². The van der Waals surface area contributed by atoms with Crippen molar-refractivity contribution in [3.8, 4) is 0 Å². The second-order valence-corrected chi connectivity index (χ2v) is 19.6.